The van der Waals surface area contributed by atoms with Gasteiger partial charge in [-0.25, -0.2) is 13.1 Å². The zero-order valence-corrected chi connectivity index (χ0v) is 19.3. The predicted molar refractivity (Wildman–Crippen MR) is 125 cm³/mol. The lowest BCUT2D eigenvalue weighted by Gasteiger charge is -2.24. The summed E-state index contributed by atoms with van der Waals surface area (Å²) in [6, 6.07) is 15.0. The highest BCUT2D eigenvalue weighted by Crippen LogP contribution is 2.23. The van der Waals surface area contributed by atoms with Crippen LogP contribution in [0.25, 0.3) is 0 Å². The van der Waals surface area contributed by atoms with Gasteiger partial charge in [0, 0.05) is 44.3 Å². The lowest BCUT2D eigenvalue weighted by Crippen LogP contribution is -2.35. The molecule has 1 aliphatic carbocycles. The number of amides is 1. The summed E-state index contributed by atoms with van der Waals surface area (Å²) in [5, 5.41) is 0. The second-order valence-electron chi connectivity index (χ2n) is 8.46. The molecule has 1 saturated carbocycles. The van der Waals surface area contributed by atoms with Crippen LogP contribution in [0.2, 0.25) is 0 Å². The van der Waals surface area contributed by atoms with E-state index in [1.54, 1.807) is 19.2 Å². The number of carbonyl (C=O) groups is 1. The summed E-state index contributed by atoms with van der Waals surface area (Å²) in [6.07, 6.45) is 3.78. The molecule has 0 bridgehead atoms. The summed E-state index contributed by atoms with van der Waals surface area (Å²) >= 11 is 0. The first-order chi connectivity index (χ1) is 15.4. The molecule has 172 valence electrons. The van der Waals surface area contributed by atoms with Crippen molar-refractivity contribution in [2.24, 2.45) is 0 Å². The van der Waals surface area contributed by atoms with E-state index in [2.05, 4.69) is 21.8 Å². The number of nitrogens with zero attached hydrogens (tertiary/aromatic N) is 2. The molecule has 0 radical (unpaired) electrons. The minimum Gasteiger partial charge on any atom is -0.497 e. The fourth-order valence-corrected chi connectivity index (χ4v) is 5.26. The maximum atomic E-state index is 12.8. The van der Waals surface area contributed by atoms with E-state index in [1.165, 1.54) is 0 Å². The molecule has 0 atom stereocenters. The van der Waals surface area contributed by atoms with E-state index in [0.29, 0.717) is 19.4 Å². The molecular formula is C24H31N3O4S. The minimum absolute atomic E-state index is 0.0894. The van der Waals surface area contributed by atoms with E-state index in [0.717, 1.165) is 55.9 Å². The van der Waals surface area contributed by atoms with Gasteiger partial charge in [0.1, 0.15) is 5.75 Å². The van der Waals surface area contributed by atoms with E-state index in [9.17, 15) is 13.2 Å². The van der Waals surface area contributed by atoms with E-state index >= 15 is 0 Å². The van der Waals surface area contributed by atoms with Crippen molar-refractivity contribution in [2.45, 2.75) is 43.0 Å². The highest BCUT2D eigenvalue weighted by atomic mass is 32.2. The Balaban J connectivity index is 1.27. The molecule has 2 aromatic rings. The average molecular weight is 458 g/mol. The number of aryl methyl sites for hydroxylation is 1. The van der Waals surface area contributed by atoms with Gasteiger partial charge in [-0.3, -0.25) is 4.79 Å². The third-order valence-electron chi connectivity index (χ3n) is 6.05. The van der Waals surface area contributed by atoms with Gasteiger partial charge in [0.15, 0.2) is 0 Å². The Hall–Kier alpha value is -2.58. The molecule has 7 nitrogen and oxygen atoms in total. The standard InChI is InChI=1S/C24H31N3O4S/c1-31-22-10-8-21(9-11-22)26-15-2-16-27(18-17-26)24(28)14-5-19-3-12-23(13-4-19)32(29,30)25-20-6-7-20/h3-4,8-13,20,25H,2,5-7,14-18H2,1H3. The van der Waals surface area contributed by atoms with Crippen LogP contribution in [0.4, 0.5) is 5.69 Å². The van der Waals surface area contributed by atoms with Gasteiger partial charge in [0.2, 0.25) is 15.9 Å². The molecule has 2 aromatic carbocycles. The van der Waals surface area contributed by atoms with Crippen LogP contribution in [0.15, 0.2) is 53.4 Å². The Morgan fingerprint density at radius 2 is 1.72 bits per heavy atom. The van der Waals surface area contributed by atoms with E-state index in [-0.39, 0.29) is 16.8 Å². The van der Waals surface area contributed by atoms with Gasteiger partial charge >= 0.3 is 0 Å². The fraction of sp³-hybridized carbons (Fsp3) is 0.458. The molecule has 0 spiro atoms. The molecule has 1 amide bonds. The van der Waals surface area contributed by atoms with Crippen molar-refractivity contribution in [1.29, 1.82) is 0 Å². The first-order valence-corrected chi connectivity index (χ1v) is 12.7. The largest absolute Gasteiger partial charge is 0.497 e. The number of methoxy groups -OCH3 is 1. The molecule has 2 fully saturated rings. The number of hydrogen-bond acceptors (Lipinski definition) is 5. The Morgan fingerprint density at radius 1 is 1.00 bits per heavy atom. The molecule has 0 aromatic heterocycles. The molecule has 32 heavy (non-hydrogen) atoms. The number of anilines is 1. The monoisotopic (exact) mass is 457 g/mol. The summed E-state index contributed by atoms with van der Waals surface area (Å²) in [5.74, 6) is 0.985. The van der Waals surface area contributed by atoms with Gasteiger partial charge in [-0.2, -0.15) is 0 Å². The first-order valence-electron chi connectivity index (χ1n) is 11.2. The van der Waals surface area contributed by atoms with Crippen LogP contribution in [-0.2, 0) is 21.2 Å². The fourth-order valence-electron chi connectivity index (χ4n) is 3.95. The summed E-state index contributed by atoms with van der Waals surface area (Å²) in [7, 11) is -1.78. The highest BCUT2D eigenvalue weighted by Gasteiger charge is 2.28. The smallest absolute Gasteiger partial charge is 0.240 e. The van der Waals surface area contributed by atoms with Crippen LogP contribution in [-0.4, -0.2) is 58.6 Å². The second-order valence-corrected chi connectivity index (χ2v) is 10.2. The van der Waals surface area contributed by atoms with Crippen LogP contribution < -0.4 is 14.4 Å². The summed E-state index contributed by atoms with van der Waals surface area (Å²) in [6.45, 7) is 3.18. The van der Waals surface area contributed by atoms with Crippen molar-refractivity contribution in [1.82, 2.24) is 9.62 Å². The first kappa shape index (κ1) is 22.6. The molecule has 1 aliphatic heterocycles. The maximum Gasteiger partial charge on any atom is 0.240 e. The highest BCUT2D eigenvalue weighted by molar-refractivity contribution is 7.89. The van der Waals surface area contributed by atoms with Crippen molar-refractivity contribution in [3.63, 3.8) is 0 Å². The van der Waals surface area contributed by atoms with Gasteiger partial charge in [0.25, 0.3) is 0 Å². The van der Waals surface area contributed by atoms with Gasteiger partial charge in [-0.1, -0.05) is 12.1 Å². The lowest BCUT2D eigenvalue weighted by molar-refractivity contribution is -0.130. The SMILES string of the molecule is COc1ccc(N2CCCN(C(=O)CCc3ccc(S(=O)(=O)NC4CC4)cc3)CC2)cc1. The topological polar surface area (TPSA) is 79.0 Å². The predicted octanol–water partition coefficient (Wildman–Crippen LogP) is 2.81. The normalized spacial score (nSPS) is 17.2. The molecule has 4 rings (SSSR count). The van der Waals surface area contributed by atoms with Gasteiger partial charge in [-0.05, 0) is 67.6 Å². The molecule has 1 saturated heterocycles. The minimum atomic E-state index is -3.44. The summed E-state index contributed by atoms with van der Waals surface area (Å²) in [5.41, 5.74) is 2.12. The quantitative estimate of drug-likeness (QED) is 0.660. The van der Waals surface area contributed by atoms with Gasteiger partial charge in [0.05, 0.1) is 12.0 Å². The molecular weight excluding hydrogens is 426 g/mol. The average Bonchev–Trinajstić information content (AvgIpc) is 3.64. The van der Waals surface area contributed by atoms with Crippen molar-refractivity contribution in [2.75, 3.05) is 38.2 Å². The second kappa shape index (κ2) is 9.92. The zero-order chi connectivity index (χ0) is 22.6. The third-order valence-corrected chi connectivity index (χ3v) is 7.58. The van der Waals surface area contributed by atoms with E-state index in [4.69, 9.17) is 4.74 Å². The molecule has 0 unspecified atom stereocenters. The van der Waals surface area contributed by atoms with Crippen LogP contribution >= 0.6 is 0 Å². The Kier molecular flexibility index (Phi) is 7.01. The Bertz CT molecular complexity index is 1020. The van der Waals surface area contributed by atoms with Crippen LogP contribution in [0, 0.1) is 0 Å². The van der Waals surface area contributed by atoms with Gasteiger partial charge < -0.3 is 14.5 Å². The zero-order valence-electron chi connectivity index (χ0n) is 18.5. The van der Waals surface area contributed by atoms with Crippen LogP contribution in [0.1, 0.15) is 31.2 Å². The van der Waals surface area contributed by atoms with E-state index in [1.807, 2.05) is 29.2 Å². The Labute approximate surface area is 190 Å². The van der Waals surface area contributed by atoms with Crippen LogP contribution in [0.5, 0.6) is 5.75 Å². The van der Waals surface area contributed by atoms with Crippen molar-refractivity contribution >= 4 is 21.6 Å². The Morgan fingerprint density at radius 3 is 2.38 bits per heavy atom. The third kappa shape index (κ3) is 5.81. The van der Waals surface area contributed by atoms with Crippen molar-refractivity contribution in [3.05, 3.63) is 54.1 Å². The number of ether oxygens (including phenoxy) is 1. The molecule has 2 aliphatic rings. The summed E-state index contributed by atoms with van der Waals surface area (Å²) in [4.78, 5) is 17.3. The van der Waals surface area contributed by atoms with Crippen LogP contribution in [0.3, 0.4) is 0 Å². The number of hydrogen-bond donors (Lipinski definition) is 1. The summed E-state index contributed by atoms with van der Waals surface area (Å²) < 4.78 is 32.5. The number of rotatable bonds is 8. The molecule has 1 N–H and O–H groups in total. The number of benzene rings is 2. The maximum absolute atomic E-state index is 12.8. The van der Waals surface area contributed by atoms with Crippen molar-refractivity contribution < 1.29 is 17.9 Å². The number of sulfonamides is 1. The lowest BCUT2D eigenvalue weighted by atomic mass is 10.1. The number of nitrogens with one attached hydrogen (secondary N) is 1. The number of carbonyl (C=O) groups excluding carboxylic acids is 1. The molecule has 1 heterocycles. The van der Waals surface area contributed by atoms with E-state index < -0.39 is 10.0 Å². The van der Waals surface area contributed by atoms with Gasteiger partial charge in [-0.15, -0.1) is 0 Å². The van der Waals surface area contributed by atoms with Crippen molar-refractivity contribution in [3.8, 4) is 5.75 Å². The molecule has 8 heteroatoms.